The van der Waals surface area contributed by atoms with Crippen LogP contribution in [0.2, 0.25) is 0 Å². The van der Waals surface area contributed by atoms with Gasteiger partial charge in [0.05, 0.1) is 16.9 Å². The third-order valence-corrected chi connectivity index (χ3v) is 9.81. The standard InChI is InChI=1S/C18H18FNO2S.C12H12BrNO.C6H5FS.3CH4/c19-14-4-6-15(7-5-14)23-16-3-1-2-13(12-16)18(17(20)21)8-10-22-11-9-18;13-11-3-1-2-10(8-11)12(9-14)4-6-15-7-5-12;7-5-1-3-6(8)4-2-5;;;/h1-7,12H,8-11H2,(H2,20,21);1-3,8H,4-7H2;1-4,8H;3*1H4. The highest BCUT2D eigenvalue weighted by Crippen LogP contribution is 2.38. The van der Waals surface area contributed by atoms with Gasteiger partial charge in [0.1, 0.15) is 11.6 Å². The first kappa shape index (κ1) is 43.8. The molecule has 2 heterocycles. The predicted octanol–water partition coefficient (Wildman–Crippen LogP) is 10.6. The lowest BCUT2D eigenvalue weighted by molar-refractivity contribution is -0.127. The normalized spacial score (nSPS) is 15.4. The van der Waals surface area contributed by atoms with Crippen LogP contribution in [-0.4, -0.2) is 32.3 Å². The first-order chi connectivity index (χ1) is 22.2. The van der Waals surface area contributed by atoms with Crippen LogP contribution >= 0.6 is 40.3 Å². The molecule has 49 heavy (non-hydrogen) atoms. The Morgan fingerprint density at radius 3 is 1.78 bits per heavy atom. The van der Waals surface area contributed by atoms with Crippen LogP contribution in [0.1, 0.15) is 59.1 Å². The first-order valence-electron chi connectivity index (χ1n) is 14.8. The van der Waals surface area contributed by atoms with E-state index in [1.54, 1.807) is 24.3 Å². The number of halogens is 3. The highest BCUT2D eigenvalue weighted by molar-refractivity contribution is 9.10. The van der Waals surface area contributed by atoms with Gasteiger partial charge in [0, 0.05) is 45.6 Å². The molecule has 0 unspecified atom stereocenters. The van der Waals surface area contributed by atoms with E-state index in [4.69, 9.17) is 15.2 Å². The summed E-state index contributed by atoms with van der Waals surface area (Å²) in [5, 5.41) is 9.36. The lowest BCUT2D eigenvalue weighted by Gasteiger charge is -2.34. The van der Waals surface area contributed by atoms with Gasteiger partial charge in [-0.1, -0.05) is 74.2 Å². The molecule has 0 spiro atoms. The van der Waals surface area contributed by atoms with Crippen LogP contribution in [0.25, 0.3) is 0 Å². The van der Waals surface area contributed by atoms with Gasteiger partial charge in [-0.2, -0.15) is 5.26 Å². The van der Waals surface area contributed by atoms with E-state index in [0.29, 0.717) is 39.3 Å². The number of primary amides is 1. The average Bonchev–Trinajstić information content (AvgIpc) is 3.08. The zero-order chi connectivity index (χ0) is 33.0. The van der Waals surface area contributed by atoms with Gasteiger partial charge in [0.15, 0.2) is 0 Å². The fourth-order valence-corrected chi connectivity index (χ4v) is 6.73. The molecular weight excluding hydrogens is 726 g/mol. The molecule has 2 N–H and O–H groups in total. The van der Waals surface area contributed by atoms with Crippen molar-refractivity contribution >= 4 is 46.2 Å². The van der Waals surface area contributed by atoms with Gasteiger partial charge in [-0.05, 0) is 110 Å². The van der Waals surface area contributed by atoms with Crippen LogP contribution in [0.3, 0.4) is 0 Å². The molecule has 264 valence electrons. The molecule has 0 bridgehead atoms. The van der Waals surface area contributed by atoms with Gasteiger partial charge in [-0.25, -0.2) is 8.78 Å². The van der Waals surface area contributed by atoms with Crippen molar-refractivity contribution < 1.29 is 23.0 Å². The molecule has 0 atom stereocenters. The lowest BCUT2D eigenvalue weighted by Crippen LogP contribution is -2.45. The highest BCUT2D eigenvalue weighted by atomic mass is 79.9. The zero-order valence-electron chi connectivity index (χ0n) is 25.1. The Bertz CT molecular complexity index is 1600. The van der Waals surface area contributed by atoms with E-state index >= 15 is 0 Å². The van der Waals surface area contributed by atoms with Gasteiger partial charge in [-0.15, -0.1) is 12.6 Å². The predicted molar refractivity (Wildman–Crippen MR) is 203 cm³/mol. The molecule has 0 saturated carbocycles. The van der Waals surface area contributed by atoms with E-state index in [-0.39, 0.29) is 45.2 Å². The third-order valence-electron chi connectivity index (χ3n) is 8.02. The molecule has 0 aliphatic carbocycles. The van der Waals surface area contributed by atoms with Gasteiger partial charge in [-0.3, -0.25) is 4.79 Å². The minimum absolute atomic E-state index is 0. The number of rotatable bonds is 5. The van der Waals surface area contributed by atoms with Gasteiger partial charge in [0.25, 0.3) is 0 Å². The molecule has 2 fully saturated rings. The quantitative estimate of drug-likeness (QED) is 0.197. The molecule has 6 rings (SSSR count). The molecular formula is C39H47BrF2N2O3S2. The number of carbonyl (C=O) groups is 1. The summed E-state index contributed by atoms with van der Waals surface area (Å²) in [6, 6.07) is 30.7. The van der Waals surface area contributed by atoms with E-state index < -0.39 is 5.41 Å². The van der Waals surface area contributed by atoms with E-state index in [2.05, 4.69) is 34.6 Å². The summed E-state index contributed by atoms with van der Waals surface area (Å²) in [6.07, 6.45) is 2.79. The summed E-state index contributed by atoms with van der Waals surface area (Å²) in [5.74, 6) is -0.773. The van der Waals surface area contributed by atoms with Crippen molar-refractivity contribution in [2.75, 3.05) is 26.4 Å². The van der Waals surface area contributed by atoms with Crippen LogP contribution in [0.4, 0.5) is 8.78 Å². The van der Waals surface area contributed by atoms with Crippen LogP contribution in [0.15, 0.2) is 116 Å². The molecule has 0 aromatic heterocycles. The molecule has 10 heteroatoms. The second kappa shape index (κ2) is 21.1. The Labute approximate surface area is 309 Å². The summed E-state index contributed by atoms with van der Waals surface area (Å²) in [6.45, 7) is 2.44. The SMILES string of the molecule is C.C.C.Fc1ccc(S)cc1.N#CC1(c2cccc(Br)c2)CCOCC1.NC(=O)C1(c2cccc(Sc3ccc(F)cc3)c2)CCOCC1. The largest absolute Gasteiger partial charge is 0.381 e. The molecule has 5 nitrogen and oxygen atoms in total. The molecule has 2 saturated heterocycles. The Kier molecular flexibility index (Phi) is 18.9. The number of hydrogen-bond acceptors (Lipinski definition) is 6. The number of amides is 1. The topological polar surface area (TPSA) is 85.3 Å². The van der Waals surface area contributed by atoms with Crippen molar-refractivity contribution in [2.45, 2.75) is 73.5 Å². The number of thiol groups is 1. The maximum atomic E-state index is 13.0. The fourth-order valence-electron chi connectivity index (χ4n) is 5.31. The minimum Gasteiger partial charge on any atom is -0.381 e. The average molecular weight is 774 g/mol. The number of hydrogen-bond donors (Lipinski definition) is 2. The van der Waals surface area contributed by atoms with Crippen molar-refractivity contribution in [3.05, 3.63) is 124 Å². The van der Waals surface area contributed by atoms with E-state index in [9.17, 15) is 18.8 Å². The van der Waals surface area contributed by atoms with Crippen LogP contribution in [-0.2, 0) is 25.1 Å². The minimum atomic E-state index is -0.655. The van der Waals surface area contributed by atoms with Crippen LogP contribution in [0, 0.1) is 23.0 Å². The summed E-state index contributed by atoms with van der Waals surface area (Å²) in [7, 11) is 0. The van der Waals surface area contributed by atoms with Crippen molar-refractivity contribution in [2.24, 2.45) is 5.73 Å². The van der Waals surface area contributed by atoms with E-state index in [1.807, 2.05) is 48.5 Å². The maximum Gasteiger partial charge on any atom is 0.228 e. The second-order valence-electron chi connectivity index (χ2n) is 10.9. The number of benzene rings is 4. The molecule has 4 aromatic carbocycles. The summed E-state index contributed by atoms with van der Waals surface area (Å²) in [4.78, 5) is 14.8. The van der Waals surface area contributed by atoms with E-state index in [1.165, 1.54) is 36.0 Å². The lowest BCUT2D eigenvalue weighted by atomic mass is 9.73. The molecule has 2 aliphatic heterocycles. The van der Waals surface area contributed by atoms with Gasteiger partial charge < -0.3 is 15.2 Å². The highest BCUT2D eigenvalue weighted by Gasteiger charge is 2.40. The third kappa shape index (κ3) is 12.3. The Hall–Kier alpha value is -3.20. The van der Waals surface area contributed by atoms with Gasteiger partial charge in [0.2, 0.25) is 5.91 Å². The number of nitrogens with zero attached hydrogens (tertiary/aromatic N) is 1. The number of nitrogens with two attached hydrogens (primary N) is 1. The van der Waals surface area contributed by atoms with Crippen LogP contribution in [0.5, 0.6) is 0 Å². The number of nitriles is 1. The van der Waals surface area contributed by atoms with E-state index in [0.717, 1.165) is 43.1 Å². The van der Waals surface area contributed by atoms with Crippen molar-refractivity contribution in [1.82, 2.24) is 0 Å². The van der Waals surface area contributed by atoms with Crippen molar-refractivity contribution in [3.63, 3.8) is 0 Å². The Balaban J connectivity index is 0.000000399. The summed E-state index contributed by atoms with van der Waals surface area (Å²) in [5.41, 5.74) is 6.74. The van der Waals surface area contributed by atoms with Gasteiger partial charge >= 0.3 is 0 Å². The smallest absolute Gasteiger partial charge is 0.228 e. The Morgan fingerprint density at radius 2 is 1.27 bits per heavy atom. The number of carbonyl (C=O) groups excluding carboxylic acids is 1. The molecule has 1 amide bonds. The molecule has 4 aromatic rings. The van der Waals surface area contributed by atoms with Crippen molar-refractivity contribution in [1.29, 1.82) is 5.26 Å². The fraction of sp³-hybridized carbons (Fsp3) is 0.333. The zero-order valence-corrected chi connectivity index (χ0v) is 28.4. The summed E-state index contributed by atoms with van der Waals surface area (Å²) >= 11 is 8.94. The second-order valence-corrected chi connectivity index (χ2v) is 13.5. The number of ether oxygens (including phenoxy) is 2. The molecule has 0 radical (unpaired) electrons. The molecule has 2 aliphatic rings. The maximum absolute atomic E-state index is 13.0. The monoisotopic (exact) mass is 772 g/mol. The Morgan fingerprint density at radius 1 is 0.755 bits per heavy atom. The first-order valence-corrected chi connectivity index (χ1v) is 16.8. The van der Waals surface area contributed by atoms with Crippen molar-refractivity contribution in [3.8, 4) is 6.07 Å². The summed E-state index contributed by atoms with van der Waals surface area (Å²) < 4.78 is 36.8. The van der Waals surface area contributed by atoms with Crippen LogP contribution < -0.4 is 5.73 Å².